The lowest BCUT2D eigenvalue weighted by atomic mass is 10.2. The Balaban J connectivity index is 2.63. The third-order valence-electron chi connectivity index (χ3n) is 2.87. The number of aliphatic imine (C=N–C) groups is 1. The molecule has 19 heavy (non-hydrogen) atoms. The number of hydrogen-bond donors (Lipinski definition) is 1. The first kappa shape index (κ1) is 15.5. The first-order valence-electron chi connectivity index (χ1n) is 6.91. The lowest BCUT2D eigenvalue weighted by Gasteiger charge is -2.21. The van der Waals surface area contributed by atoms with Crippen LogP contribution in [-0.2, 0) is 6.54 Å². The molecule has 0 aliphatic rings. The summed E-state index contributed by atoms with van der Waals surface area (Å²) >= 11 is 0. The molecule has 0 aromatic heterocycles. The van der Waals surface area contributed by atoms with Gasteiger partial charge in [-0.3, -0.25) is 0 Å². The lowest BCUT2D eigenvalue weighted by Crippen LogP contribution is -2.39. The van der Waals surface area contributed by atoms with Gasteiger partial charge in [0, 0.05) is 20.1 Å². The monoisotopic (exact) mass is 265 g/mol. The van der Waals surface area contributed by atoms with E-state index in [1.165, 1.54) is 18.6 Å². The van der Waals surface area contributed by atoms with Crippen molar-refractivity contribution in [1.82, 2.24) is 10.2 Å². The van der Waals surface area contributed by atoms with E-state index in [-0.39, 0.29) is 5.82 Å². The van der Waals surface area contributed by atoms with Gasteiger partial charge in [0.1, 0.15) is 5.82 Å². The van der Waals surface area contributed by atoms with E-state index >= 15 is 0 Å². The van der Waals surface area contributed by atoms with Crippen LogP contribution < -0.4 is 5.32 Å². The molecule has 3 nitrogen and oxygen atoms in total. The number of unbranched alkanes of at least 4 members (excludes halogenated alkanes) is 1. The number of halogens is 1. The molecule has 0 spiro atoms. The summed E-state index contributed by atoms with van der Waals surface area (Å²) in [6.07, 6.45) is 2.32. The summed E-state index contributed by atoms with van der Waals surface area (Å²) in [7, 11) is 2.04. The van der Waals surface area contributed by atoms with Gasteiger partial charge < -0.3 is 10.2 Å². The highest BCUT2D eigenvalue weighted by atomic mass is 19.1. The maximum Gasteiger partial charge on any atom is 0.193 e. The number of guanidine groups is 1. The molecule has 0 radical (unpaired) electrons. The van der Waals surface area contributed by atoms with Crippen molar-refractivity contribution >= 4 is 5.96 Å². The molecule has 0 bridgehead atoms. The molecule has 0 fully saturated rings. The van der Waals surface area contributed by atoms with Crippen LogP contribution in [0.4, 0.5) is 4.39 Å². The Bertz CT molecular complexity index is 387. The Morgan fingerprint density at radius 1 is 1.26 bits per heavy atom. The van der Waals surface area contributed by atoms with Crippen LogP contribution in [0.5, 0.6) is 0 Å². The molecule has 1 N–H and O–H groups in total. The molecule has 1 rings (SSSR count). The molecule has 0 unspecified atom stereocenters. The van der Waals surface area contributed by atoms with Crippen LogP contribution in [0.1, 0.15) is 32.3 Å². The Kier molecular flexibility index (Phi) is 6.93. The van der Waals surface area contributed by atoms with E-state index in [9.17, 15) is 4.39 Å². The second-order valence-electron chi connectivity index (χ2n) is 4.57. The smallest absolute Gasteiger partial charge is 0.193 e. The van der Waals surface area contributed by atoms with Crippen LogP contribution in [0.3, 0.4) is 0 Å². The Morgan fingerprint density at radius 3 is 2.53 bits per heavy atom. The van der Waals surface area contributed by atoms with E-state index in [2.05, 4.69) is 29.1 Å². The molecule has 0 saturated carbocycles. The number of hydrogen-bond acceptors (Lipinski definition) is 1. The summed E-state index contributed by atoms with van der Waals surface area (Å²) in [6.45, 7) is 6.64. The Morgan fingerprint density at radius 2 is 1.95 bits per heavy atom. The van der Waals surface area contributed by atoms with Gasteiger partial charge in [-0.25, -0.2) is 9.38 Å². The zero-order valence-electron chi connectivity index (χ0n) is 12.1. The van der Waals surface area contributed by atoms with Gasteiger partial charge in [0.2, 0.25) is 0 Å². The van der Waals surface area contributed by atoms with Crippen molar-refractivity contribution < 1.29 is 4.39 Å². The minimum absolute atomic E-state index is 0.209. The maximum atomic E-state index is 12.8. The average Bonchev–Trinajstić information content (AvgIpc) is 2.42. The van der Waals surface area contributed by atoms with Gasteiger partial charge in [0.05, 0.1) is 6.54 Å². The van der Waals surface area contributed by atoms with Crippen LogP contribution in [0.2, 0.25) is 0 Å². The van der Waals surface area contributed by atoms with E-state index < -0.39 is 0 Å². The van der Waals surface area contributed by atoms with E-state index in [1.807, 2.05) is 7.05 Å². The van der Waals surface area contributed by atoms with Crippen molar-refractivity contribution in [1.29, 1.82) is 0 Å². The summed E-state index contributed by atoms with van der Waals surface area (Å²) < 4.78 is 12.8. The van der Waals surface area contributed by atoms with Crippen LogP contribution in [0.25, 0.3) is 0 Å². The van der Waals surface area contributed by atoms with Crippen molar-refractivity contribution in [2.45, 2.75) is 33.2 Å². The summed E-state index contributed by atoms with van der Waals surface area (Å²) in [5, 5.41) is 3.27. The van der Waals surface area contributed by atoms with E-state index in [1.54, 1.807) is 12.1 Å². The molecule has 106 valence electrons. The van der Waals surface area contributed by atoms with E-state index in [4.69, 9.17) is 0 Å². The summed E-state index contributed by atoms with van der Waals surface area (Å²) in [5.74, 6) is 0.694. The van der Waals surface area contributed by atoms with Crippen molar-refractivity contribution in [2.24, 2.45) is 4.99 Å². The second-order valence-corrected chi connectivity index (χ2v) is 4.57. The average molecular weight is 265 g/mol. The molecular formula is C15H24FN3. The molecule has 0 atom stereocenters. The molecule has 0 aliphatic heterocycles. The Labute approximate surface area is 115 Å². The van der Waals surface area contributed by atoms with Gasteiger partial charge in [-0.1, -0.05) is 25.5 Å². The molecule has 1 aromatic rings. The van der Waals surface area contributed by atoms with Crippen LogP contribution in [-0.4, -0.2) is 31.0 Å². The largest absolute Gasteiger partial charge is 0.357 e. The number of rotatable bonds is 6. The summed E-state index contributed by atoms with van der Waals surface area (Å²) in [5.41, 5.74) is 1.01. The minimum Gasteiger partial charge on any atom is -0.357 e. The van der Waals surface area contributed by atoms with E-state index in [0.29, 0.717) is 6.54 Å². The summed E-state index contributed by atoms with van der Waals surface area (Å²) in [4.78, 5) is 6.71. The first-order chi connectivity index (χ1) is 9.17. The highest BCUT2D eigenvalue weighted by Gasteiger charge is 2.04. The molecule has 0 amide bonds. The number of nitrogens with zero attached hydrogens (tertiary/aromatic N) is 2. The van der Waals surface area contributed by atoms with Gasteiger partial charge >= 0.3 is 0 Å². The van der Waals surface area contributed by atoms with Crippen molar-refractivity contribution in [2.75, 3.05) is 20.1 Å². The fourth-order valence-corrected chi connectivity index (χ4v) is 1.73. The van der Waals surface area contributed by atoms with E-state index in [0.717, 1.165) is 31.0 Å². The predicted octanol–water partition coefficient (Wildman–Crippen LogP) is 3.02. The molecule has 1 aromatic carbocycles. The SMILES string of the molecule is CCCCN(C)C(=NCc1ccc(F)cc1)NCC. The normalized spacial score (nSPS) is 11.5. The minimum atomic E-state index is -0.209. The van der Waals surface area contributed by atoms with Crippen molar-refractivity contribution in [3.63, 3.8) is 0 Å². The van der Waals surface area contributed by atoms with Crippen LogP contribution in [0.15, 0.2) is 29.3 Å². The predicted molar refractivity (Wildman–Crippen MR) is 78.8 cm³/mol. The van der Waals surface area contributed by atoms with Gasteiger partial charge in [-0.05, 0) is 31.0 Å². The highest BCUT2D eigenvalue weighted by Crippen LogP contribution is 2.04. The molecule has 0 aliphatic carbocycles. The molecule has 4 heteroatoms. The second kappa shape index (κ2) is 8.51. The summed E-state index contributed by atoms with van der Waals surface area (Å²) in [6, 6.07) is 6.49. The molecular weight excluding hydrogens is 241 g/mol. The third-order valence-corrected chi connectivity index (χ3v) is 2.87. The topological polar surface area (TPSA) is 27.6 Å². The van der Waals surface area contributed by atoms with Crippen LogP contribution >= 0.6 is 0 Å². The standard InChI is InChI=1S/C15H24FN3/c1-4-6-11-19(3)15(17-5-2)18-12-13-7-9-14(16)10-8-13/h7-10H,4-6,11-12H2,1-3H3,(H,17,18). The van der Waals surface area contributed by atoms with Gasteiger partial charge in [-0.15, -0.1) is 0 Å². The Hall–Kier alpha value is -1.58. The van der Waals surface area contributed by atoms with Crippen molar-refractivity contribution in [3.05, 3.63) is 35.6 Å². The van der Waals surface area contributed by atoms with Gasteiger partial charge in [-0.2, -0.15) is 0 Å². The fraction of sp³-hybridized carbons (Fsp3) is 0.533. The highest BCUT2D eigenvalue weighted by molar-refractivity contribution is 5.79. The van der Waals surface area contributed by atoms with Gasteiger partial charge in [0.25, 0.3) is 0 Å². The quantitative estimate of drug-likeness (QED) is 0.632. The number of nitrogens with one attached hydrogen (secondary N) is 1. The molecule has 0 heterocycles. The number of benzene rings is 1. The van der Waals surface area contributed by atoms with Crippen molar-refractivity contribution in [3.8, 4) is 0 Å². The lowest BCUT2D eigenvalue weighted by molar-refractivity contribution is 0.465. The fourth-order valence-electron chi connectivity index (χ4n) is 1.73. The zero-order chi connectivity index (χ0) is 14.1. The first-order valence-corrected chi connectivity index (χ1v) is 6.91. The molecule has 0 saturated heterocycles. The third kappa shape index (κ3) is 5.73. The van der Waals surface area contributed by atoms with Crippen LogP contribution in [0, 0.1) is 5.82 Å². The van der Waals surface area contributed by atoms with Gasteiger partial charge in [0.15, 0.2) is 5.96 Å². The zero-order valence-corrected chi connectivity index (χ0v) is 12.1. The maximum absolute atomic E-state index is 12.8.